The Labute approximate surface area is 117 Å². The van der Waals surface area contributed by atoms with E-state index in [4.69, 9.17) is 5.10 Å². The first-order chi connectivity index (χ1) is 9.83. The zero-order valence-corrected chi connectivity index (χ0v) is 11.2. The lowest BCUT2D eigenvalue weighted by Crippen LogP contribution is -2.24. The van der Waals surface area contributed by atoms with Crippen LogP contribution in [0.2, 0.25) is 0 Å². The number of benzene rings is 1. The van der Waals surface area contributed by atoms with E-state index in [9.17, 15) is 4.39 Å². The van der Waals surface area contributed by atoms with Crippen LogP contribution in [0.5, 0.6) is 0 Å². The van der Waals surface area contributed by atoms with Crippen LogP contribution < -0.4 is 10.6 Å². The standard InChI is InChI=1S/C15H17FN4/c16-11-5-3-10(4-6-11)13-7-9-18-15-12-2-1-8-17-14(12)19-20(13)15/h3-6,13,18H,1-2,7-9H2,(H,17,19). The molecular weight excluding hydrogens is 255 g/mol. The fourth-order valence-corrected chi connectivity index (χ4v) is 3.17. The highest BCUT2D eigenvalue weighted by atomic mass is 19.1. The van der Waals surface area contributed by atoms with Crippen LogP contribution in [0.3, 0.4) is 0 Å². The molecule has 104 valence electrons. The second-order valence-corrected chi connectivity index (χ2v) is 5.43. The quantitative estimate of drug-likeness (QED) is 0.839. The lowest BCUT2D eigenvalue weighted by Gasteiger charge is -2.26. The average Bonchev–Trinajstić information content (AvgIpc) is 2.87. The molecule has 2 aromatic rings. The summed E-state index contributed by atoms with van der Waals surface area (Å²) in [5.41, 5.74) is 2.41. The first-order valence-corrected chi connectivity index (χ1v) is 7.17. The van der Waals surface area contributed by atoms with E-state index in [1.807, 2.05) is 12.1 Å². The number of nitrogens with one attached hydrogen (secondary N) is 2. The van der Waals surface area contributed by atoms with Gasteiger partial charge in [-0.1, -0.05) is 12.1 Å². The van der Waals surface area contributed by atoms with Crippen molar-refractivity contribution in [2.45, 2.75) is 25.3 Å². The molecule has 5 heteroatoms. The predicted molar refractivity (Wildman–Crippen MR) is 76.7 cm³/mol. The molecule has 0 aliphatic carbocycles. The Kier molecular flexibility index (Phi) is 2.65. The molecular formula is C15H17FN4. The van der Waals surface area contributed by atoms with Crippen molar-refractivity contribution < 1.29 is 4.39 Å². The fraction of sp³-hybridized carbons (Fsp3) is 0.400. The molecule has 20 heavy (non-hydrogen) atoms. The number of hydrogen-bond acceptors (Lipinski definition) is 3. The molecule has 1 unspecified atom stereocenters. The molecule has 0 fully saturated rings. The van der Waals surface area contributed by atoms with Gasteiger partial charge >= 0.3 is 0 Å². The Hall–Kier alpha value is -2.04. The van der Waals surface area contributed by atoms with E-state index in [1.165, 1.54) is 17.7 Å². The Morgan fingerprint density at radius 2 is 2.00 bits per heavy atom. The molecule has 1 aromatic heterocycles. The van der Waals surface area contributed by atoms with Gasteiger partial charge in [-0.05, 0) is 37.0 Å². The number of nitrogens with zero attached hydrogens (tertiary/aromatic N) is 2. The minimum Gasteiger partial charge on any atom is -0.370 e. The number of fused-ring (bicyclic) bond motifs is 3. The summed E-state index contributed by atoms with van der Waals surface area (Å²) in [5, 5.41) is 11.6. The molecule has 2 aliphatic heterocycles. The predicted octanol–water partition coefficient (Wildman–Crippen LogP) is 2.79. The van der Waals surface area contributed by atoms with Crippen molar-refractivity contribution in [3.05, 3.63) is 41.2 Å². The fourth-order valence-electron chi connectivity index (χ4n) is 3.17. The number of halogens is 1. The molecule has 2 aliphatic rings. The number of hydrogen-bond donors (Lipinski definition) is 2. The van der Waals surface area contributed by atoms with Gasteiger partial charge in [0.05, 0.1) is 6.04 Å². The highest BCUT2D eigenvalue weighted by Gasteiger charge is 2.28. The molecule has 0 amide bonds. The highest BCUT2D eigenvalue weighted by molar-refractivity contribution is 5.62. The highest BCUT2D eigenvalue weighted by Crippen LogP contribution is 2.36. The van der Waals surface area contributed by atoms with Crippen LogP contribution in [0.15, 0.2) is 24.3 Å². The van der Waals surface area contributed by atoms with Gasteiger partial charge in [-0.3, -0.25) is 0 Å². The van der Waals surface area contributed by atoms with Crippen LogP contribution in [0.4, 0.5) is 16.0 Å². The lowest BCUT2D eigenvalue weighted by molar-refractivity contribution is 0.482. The van der Waals surface area contributed by atoms with Crippen molar-refractivity contribution in [1.29, 1.82) is 0 Å². The summed E-state index contributed by atoms with van der Waals surface area (Å²) in [7, 11) is 0. The van der Waals surface area contributed by atoms with E-state index in [1.54, 1.807) is 0 Å². The van der Waals surface area contributed by atoms with Crippen molar-refractivity contribution in [2.75, 3.05) is 23.7 Å². The average molecular weight is 272 g/mol. The molecule has 0 saturated carbocycles. The van der Waals surface area contributed by atoms with Gasteiger partial charge in [0.2, 0.25) is 0 Å². The molecule has 0 bridgehead atoms. The molecule has 0 saturated heterocycles. The van der Waals surface area contributed by atoms with E-state index in [2.05, 4.69) is 15.3 Å². The van der Waals surface area contributed by atoms with Crippen LogP contribution in [0, 0.1) is 5.82 Å². The van der Waals surface area contributed by atoms with Crippen molar-refractivity contribution >= 4 is 11.6 Å². The summed E-state index contributed by atoms with van der Waals surface area (Å²) >= 11 is 0. The Balaban J connectivity index is 1.78. The van der Waals surface area contributed by atoms with Gasteiger partial charge in [0.15, 0.2) is 5.82 Å². The molecule has 4 rings (SSSR count). The van der Waals surface area contributed by atoms with Gasteiger partial charge in [-0.15, -0.1) is 0 Å². The maximum atomic E-state index is 13.1. The Morgan fingerprint density at radius 3 is 2.85 bits per heavy atom. The SMILES string of the molecule is Fc1ccc(C2CCNc3c4c(nn32)NCCC4)cc1. The summed E-state index contributed by atoms with van der Waals surface area (Å²) in [6.07, 6.45) is 3.19. The molecule has 2 N–H and O–H groups in total. The summed E-state index contributed by atoms with van der Waals surface area (Å²) in [4.78, 5) is 0. The van der Waals surface area contributed by atoms with Crippen molar-refractivity contribution in [1.82, 2.24) is 9.78 Å². The van der Waals surface area contributed by atoms with Crippen LogP contribution in [-0.4, -0.2) is 22.9 Å². The monoisotopic (exact) mass is 272 g/mol. The van der Waals surface area contributed by atoms with Gasteiger partial charge in [-0.25, -0.2) is 9.07 Å². The third-order valence-corrected chi connectivity index (χ3v) is 4.16. The molecule has 0 radical (unpaired) electrons. The normalized spacial score (nSPS) is 20.6. The number of aromatic nitrogens is 2. The second-order valence-electron chi connectivity index (χ2n) is 5.43. The van der Waals surface area contributed by atoms with E-state index >= 15 is 0 Å². The Bertz CT molecular complexity index is 632. The van der Waals surface area contributed by atoms with Crippen LogP contribution in [-0.2, 0) is 6.42 Å². The maximum Gasteiger partial charge on any atom is 0.153 e. The molecule has 3 heterocycles. The summed E-state index contributed by atoms with van der Waals surface area (Å²) in [6, 6.07) is 6.98. The topological polar surface area (TPSA) is 41.9 Å². The summed E-state index contributed by atoms with van der Waals surface area (Å²) in [5.74, 6) is 1.95. The minimum atomic E-state index is -0.190. The number of anilines is 2. The van der Waals surface area contributed by atoms with Gasteiger partial charge in [-0.2, -0.15) is 5.10 Å². The van der Waals surface area contributed by atoms with E-state index in [0.717, 1.165) is 49.6 Å². The van der Waals surface area contributed by atoms with E-state index in [0.29, 0.717) is 0 Å². The van der Waals surface area contributed by atoms with Crippen LogP contribution >= 0.6 is 0 Å². The van der Waals surface area contributed by atoms with Crippen LogP contribution in [0.25, 0.3) is 0 Å². The second kappa shape index (κ2) is 4.51. The van der Waals surface area contributed by atoms with E-state index < -0.39 is 0 Å². The third-order valence-electron chi connectivity index (χ3n) is 4.16. The van der Waals surface area contributed by atoms with Crippen molar-refractivity contribution in [2.24, 2.45) is 0 Å². The summed E-state index contributed by atoms with van der Waals surface area (Å²) < 4.78 is 15.2. The summed E-state index contributed by atoms with van der Waals surface area (Å²) in [6.45, 7) is 1.92. The van der Waals surface area contributed by atoms with Crippen molar-refractivity contribution in [3.63, 3.8) is 0 Å². The minimum absolute atomic E-state index is 0.190. The van der Waals surface area contributed by atoms with Crippen LogP contribution in [0.1, 0.15) is 30.0 Å². The van der Waals surface area contributed by atoms with Gasteiger partial charge < -0.3 is 10.6 Å². The largest absolute Gasteiger partial charge is 0.370 e. The number of rotatable bonds is 1. The van der Waals surface area contributed by atoms with E-state index in [-0.39, 0.29) is 11.9 Å². The molecule has 4 nitrogen and oxygen atoms in total. The van der Waals surface area contributed by atoms with Crippen molar-refractivity contribution in [3.8, 4) is 0 Å². The third kappa shape index (κ3) is 1.77. The molecule has 0 spiro atoms. The smallest absolute Gasteiger partial charge is 0.153 e. The molecule has 1 aromatic carbocycles. The Morgan fingerprint density at radius 1 is 1.15 bits per heavy atom. The maximum absolute atomic E-state index is 13.1. The van der Waals surface area contributed by atoms with Gasteiger partial charge in [0.1, 0.15) is 11.6 Å². The first-order valence-electron chi connectivity index (χ1n) is 7.17. The zero-order valence-electron chi connectivity index (χ0n) is 11.2. The van der Waals surface area contributed by atoms with Gasteiger partial charge in [0.25, 0.3) is 0 Å². The molecule has 1 atom stereocenters. The van der Waals surface area contributed by atoms with Gasteiger partial charge in [0, 0.05) is 18.7 Å². The zero-order chi connectivity index (χ0) is 13.5. The first kappa shape index (κ1) is 11.8. The lowest BCUT2D eigenvalue weighted by atomic mass is 10.0.